The fourth-order valence-electron chi connectivity index (χ4n) is 2.23. The molecule has 0 aliphatic rings. The van der Waals surface area contributed by atoms with Gasteiger partial charge >= 0.3 is 0 Å². The molecule has 0 unspecified atom stereocenters. The van der Waals surface area contributed by atoms with E-state index in [1.165, 1.54) is 11.3 Å². The number of amides is 1. The molecular weight excluding hydrogens is 376 g/mol. The van der Waals surface area contributed by atoms with Crippen molar-refractivity contribution in [2.75, 3.05) is 5.32 Å². The number of nitrogens with zero attached hydrogens (tertiary/aromatic N) is 3. The van der Waals surface area contributed by atoms with Crippen LogP contribution in [0, 0.1) is 20.8 Å². The van der Waals surface area contributed by atoms with Crippen molar-refractivity contribution in [1.29, 1.82) is 0 Å². The van der Waals surface area contributed by atoms with E-state index in [9.17, 15) is 4.79 Å². The van der Waals surface area contributed by atoms with E-state index < -0.39 is 0 Å². The van der Waals surface area contributed by atoms with E-state index in [-0.39, 0.29) is 5.91 Å². The number of thiazole rings is 1. The number of hydrogen-bond acceptors (Lipinski definition) is 4. The molecule has 0 fully saturated rings. The highest BCUT2D eigenvalue weighted by molar-refractivity contribution is 9.10. The first kappa shape index (κ1) is 15.9. The first-order valence-electron chi connectivity index (χ1n) is 7.02. The summed E-state index contributed by atoms with van der Waals surface area (Å²) < 4.78 is 2.74. The van der Waals surface area contributed by atoms with Gasteiger partial charge in [0.05, 0.1) is 11.4 Å². The van der Waals surface area contributed by atoms with E-state index in [0.717, 1.165) is 21.5 Å². The number of rotatable bonds is 3. The first-order chi connectivity index (χ1) is 10.9. The molecule has 0 spiro atoms. The third-order valence-electron chi connectivity index (χ3n) is 3.28. The van der Waals surface area contributed by atoms with Crippen LogP contribution in [-0.4, -0.2) is 20.7 Å². The number of aryl methyl sites for hydroxylation is 3. The molecule has 0 bridgehead atoms. The predicted molar refractivity (Wildman–Crippen MR) is 95.5 cm³/mol. The molecule has 0 radical (unpaired) electrons. The zero-order valence-corrected chi connectivity index (χ0v) is 15.3. The summed E-state index contributed by atoms with van der Waals surface area (Å²) in [4.78, 5) is 17.5. The lowest BCUT2D eigenvalue weighted by atomic mass is 10.3. The van der Waals surface area contributed by atoms with Crippen molar-refractivity contribution in [3.63, 3.8) is 0 Å². The van der Waals surface area contributed by atoms with Gasteiger partial charge in [-0.15, -0.1) is 0 Å². The van der Waals surface area contributed by atoms with Gasteiger partial charge in [0.15, 0.2) is 0 Å². The summed E-state index contributed by atoms with van der Waals surface area (Å²) in [6.45, 7) is 5.74. The summed E-state index contributed by atoms with van der Waals surface area (Å²) in [5.74, 6) is -0.157. The van der Waals surface area contributed by atoms with E-state index in [4.69, 9.17) is 0 Å². The number of carbonyl (C=O) groups excluding carboxylic acids is 1. The van der Waals surface area contributed by atoms with Crippen LogP contribution in [0.2, 0.25) is 0 Å². The molecule has 3 aromatic rings. The number of aromatic nitrogens is 3. The summed E-state index contributed by atoms with van der Waals surface area (Å²) in [5, 5.41) is 8.01. The Labute approximate surface area is 146 Å². The van der Waals surface area contributed by atoms with Crippen LogP contribution in [0.1, 0.15) is 26.8 Å². The average molecular weight is 391 g/mol. The maximum atomic E-state index is 12.5. The maximum Gasteiger partial charge on any atom is 0.267 e. The van der Waals surface area contributed by atoms with Crippen LogP contribution in [0.25, 0.3) is 5.13 Å². The Balaban J connectivity index is 1.87. The lowest BCUT2D eigenvalue weighted by Gasteiger charge is -2.03. The number of halogens is 1. The topological polar surface area (TPSA) is 59.8 Å². The van der Waals surface area contributed by atoms with E-state index in [1.807, 2.05) is 51.1 Å². The van der Waals surface area contributed by atoms with Crippen LogP contribution < -0.4 is 5.32 Å². The Morgan fingerprint density at radius 2 is 1.91 bits per heavy atom. The number of hydrogen-bond donors (Lipinski definition) is 1. The lowest BCUT2D eigenvalue weighted by Crippen LogP contribution is -2.11. The van der Waals surface area contributed by atoms with Crippen LogP contribution in [0.5, 0.6) is 0 Å². The summed E-state index contributed by atoms with van der Waals surface area (Å²) in [6, 6.07) is 9.45. The molecule has 2 heterocycles. The maximum absolute atomic E-state index is 12.5. The lowest BCUT2D eigenvalue weighted by molar-refractivity contribution is 0.103. The minimum atomic E-state index is -0.157. The molecule has 0 saturated heterocycles. The van der Waals surface area contributed by atoms with Crippen molar-refractivity contribution in [3.05, 3.63) is 56.8 Å². The summed E-state index contributed by atoms with van der Waals surface area (Å²) >= 11 is 4.71. The highest BCUT2D eigenvalue weighted by atomic mass is 79.9. The molecule has 0 aliphatic heterocycles. The molecule has 0 aliphatic carbocycles. The van der Waals surface area contributed by atoms with Crippen LogP contribution >= 0.6 is 27.3 Å². The van der Waals surface area contributed by atoms with E-state index in [1.54, 1.807) is 4.68 Å². The molecule has 2 aromatic heterocycles. The average Bonchev–Trinajstić information content (AvgIpc) is 3.03. The van der Waals surface area contributed by atoms with Crippen LogP contribution in [0.3, 0.4) is 0 Å². The van der Waals surface area contributed by atoms with E-state index in [2.05, 4.69) is 31.3 Å². The zero-order chi connectivity index (χ0) is 16.6. The Kier molecular flexibility index (Phi) is 4.32. The smallest absolute Gasteiger partial charge is 0.267 e. The number of anilines is 1. The molecule has 1 N–H and O–H groups in total. The van der Waals surface area contributed by atoms with Gasteiger partial charge in [0, 0.05) is 15.9 Å². The number of nitrogens with one attached hydrogen (secondary N) is 1. The van der Waals surface area contributed by atoms with Crippen molar-refractivity contribution in [2.45, 2.75) is 20.8 Å². The highest BCUT2D eigenvalue weighted by Gasteiger charge is 2.18. The molecule has 0 saturated carbocycles. The fraction of sp³-hybridized carbons (Fsp3) is 0.188. The Hall–Kier alpha value is -1.99. The van der Waals surface area contributed by atoms with E-state index in [0.29, 0.717) is 15.7 Å². The third-order valence-corrected chi connectivity index (χ3v) is 4.94. The minimum Gasteiger partial charge on any atom is -0.321 e. The van der Waals surface area contributed by atoms with Gasteiger partial charge in [-0.05, 0) is 51.1 Å². The minimum absolute atomic E-state index is 0.157. The molecule has 23 heavy (non-hydrogen) atoms. The Morgan fingerprint density at radius 3 is 2.52 bits per heavy atom. The van der Waals surface area contributed by atoms with Crippen LogP contribution in [0.15, 0.2) is 34.8 Å². The second-order valence-corrected chi connectivity index (χ2v) is 7.10. The van der Waals surface area contributed by atoms with Gasteiger partial charge in [0.1, 0.15) is 4.88 Å². The van der Waals surface area contributed by atoms with Crippen molar-refractivity contribution in [2.24, 2.45) is 0 Å². The molecule has 1 amide bonds. The summed E-state index contributed by atoms with van der Waals surface area (Å²) in [7, 11) is 0. The monoisotopic (exact) mass is 390 g/mol. The van der Waals surface area contributed by atoms with E-state index >= 15 is 0 Å². The number of benzene rings is 1. The zero-order valence-electron chi connectivity index (χ0n) is 12.9. The van der Waals surface area contributed by atoms with Crippen molar-refractivity contribution in [1.82, 2.24) is 14.8 Å². The molecule has 7 heteroatoms. The summed E-state index contributed by atoms with van der Waals surface area (Å²) in [5.41, 5.74) is 3.37. The largest absolute Gasteiger partial charge is 0.321 e. The standard InChI is InChI=1S/C16H15BrN4OS/c1-9-8-10(2)21(20-9)16-18-11(3)14(23-16)15(22)19-13-6-4-12(17)5-7-13/h4-8H,1-3H3,(H,19,22). The van der Waals surface area contributed by atoms with Gasteiger partial charge in [-0.25, -0.2) is 9.67 Å². The highest BCUT2D eigenvalue weighted by Crippen LogP contribution is 2.24. The normalized spacial score (nSPS) is 10.8. The van der Waals surface area contributed by atoms with Crippen molar-refractivity contribution >= 4 is 38.9 Å². The fourth-order valence-corrected chi connectivity index (χ4v) is 3.46. The molecule has 3 rings (SSSR count). The third kappa shape index (κ3) is 3.35. The second kappa shape index (κ2) is 6.25. The van der Waals surface area contributed by atoms with Gasteiger partial charge in [0.25, 0.3) is 5.91 Å². The molecule has 5 nitrogen and oxygen atoms in total. The molecular formula is C16H15BrN4OS. The first-order valence-corrected chi connectivity index (χ1v) is 8.63. The molecule has 1 aromatic carbocycles. The van der Waals surface area contributed by atoms with Gasteiger partial charge in [0.2, 0.25) is 5.13 Å². The SMILES string of the molecule is Cc1cc(C)n(-c2nc(C)c(C(=O)Nc3ccc(Br)cc3)s2)n1. The number of carbonyl (C=O) groups is 1. The Morgan fingerprint density at radius 1 is 1.22 bits per heavy atom. The Bertz CT molecular complexity index is 867. The van der Waals surface area contributed by atoms with Crippen molar-refractivity contribution in [3.8, 4) is 5.13 Å². The molecule has 118 valence electrons. The predicted octanol–water partition coefficient (Wildman–Crippen LogP) is 4.27. The van der Waals surface area contributed by atoms with Crippen LogP contribution in [-0.2, 0) is 0 Å². The molecule has 0 atom stereocenters. The summed E-state index contributed by atoms with van der Waals surface area (Å²) in [6.07, 6.45) is 0. The van der Waals surface area contributed by atoms with Crippen LogP contribution in [0.4, 0.5) is 5.69 Å². The van der Waals surface area contributed by atoms with Crippen molar-refractivity contribution < 1.29 is 4.79 Å². The van der Waals surface area contributed by atoms with Gasteiger partial charge < -0.3 is 5.32 Å². The van der Waals surface area contributed by atoms with Gasteiger partial charge in [-0.1, -0.05) is 27.3 Å². The van der Waals surface area contributed by atoms with Gasteiger partial charge in [-0.3, -0.25) is 4.79 Å². The quantitative estimate of drug-likeness (QED) is 0.726. The van der Waals surface area contributed by atoms with Gasteiger partial charge in [-0.2, -0.15) is 5.10 Å². The second-order valence-electron chi connectivity index (χ2n) is 5.21.